The smallest absolute Gasteiger partial charge is 0.271 e. The first-order valence-electron chi connectivity index (χ1n) is 6.30. The molecule has 0 radical (unpaired) electrons. The molecule has 1 saturated heterocycles. The van der Waals surface area contributed by atoms with Crippen LogP contribution >= 0.6 is 0 Å². The number of nitrogens with two attached hydrogens (primary N) is 1. The first-order valence-corrected chi connectivity index (χ1v) is 6.30. The van der Waals surface area contributed by atoms with Crippen LogP contribution in [0.2, 0.25) is 0 Å². The monoisotopic (exact) mass is 265 g/mol. The predicted molar refractivity (Wildman–Crippen MR) is 70.3 cm³/mol. The summed E-state index contributed by atoms with van der Waals surface area (Å²) in [6.45, 7) is 1.17. The van der Waals surface area contributed by atoms with Crippen LogP contribution in [0.15, 0.2) is 6.07 Å². The minimum atomic E-state index is -0.111. The Labute approximate surface area is 111 Å². The molecule has 1 aliphatic heterocycles. The van der Waals surface area contributed by atoms with Crippen molar-refractivity contribution in [3.05, 3.63) is 11.8 Å². The minimum absolute atomic E-state index is 0.0193. The zero-order chi connectivity index (χ0) is 14.0. The van der Waals surface area contributed by atoms with Gasteiger partial charge in [0, 0.05) is 39.2 Å². The molecule has 104 valence electrons. The van der Waals surface area contributed by atoms with E-state index in [2.05, 4.69) is 10.2 Å². The number of carbonyl (C=O) groups is 2. The van der Waals surface area contributed by atoms with Gasteiger partial charge in [0.2, 0.25) is 5.91 Å². The molecule has 0 aliphatic carbocycles. The molecule has 0 spiro atoms. The molecule has 7 heteroatoms. The van der Waals surface area contributed by atoms with Crippen LogP contribution in [0.4, 0.5) is 5.82 Å². The molecule has 2 heterocycles. The number of hydrogen-bond donors (Lipinski definition) is 2. The first kappa shape index (κ1) is 13.4. The van der Waals surface area contributed by atoms with Crippen LogP contribution in [0, 0.1) is 5.92 Å². The van der Waals surface area contributed by atoms with Crippen LogP contribution in [-0.4, -0.2) is 59.0 Å². The molecule has 19 heavy (non-hydrogen) atoms. The van der Waals surface area contributed by atoms with Crippen molar-refractivity contribution in [2.75, 3.05) is 32.9 Å². The summed E-state index contributed by atoms with van der Waals surface area (Å²) < 4.78 is 0. The summed E-state index contributed by atoms with van der Waals surface area (Å²) >= 11 is 0. The summed E-state index contributed by atoms with van der Waals surface area (Å²) in [5.74, 6) is 0.352. The number of nitrogen functional groups attached to an aromatic ring is 1. The van der Waals surface area contributed by atoms with E-state index in [1.54, 1.807) is 23.9 Å². The lowest BCUT2D eigenvalue weighted by molar-refractivity contribution is -0.134. The molecule has 1 aromatic heterocycles. The van der Waals surface area contributed by atoms with Crippen molar-refractivity contribution in [1.82, 2.24) is 20.0 Å². The maximum atomic E-state index is 12.1. The Morgan fingerprint density at radius 2 is 2.05 bits per heavy atom. The number of carbonyl (C=O) groups excluding carboxylic acids is 2. The molecule has 0 aromatic carbocycles. The maximum Gasteiger partial charge on any atom is 0.271 e. The minimum Gasteiger partial charge on any atom is -0.382 e. The lowest BCUT2D eigenvalue weighted by atomic mass is 9.95. The molecule has 0 atom stereocenters. The summed E-state index contributed by atoms with van der Waals surface area (Å²) in [6, 6.07) is 1.53. The van der Waals surface area contributed by atoms with Crippen LogP contribution in [0.5, 0.6) is 0 Å². The Hall–Kier alpha value is -2.05. The van der Waals surface area contributed by atoms with Gasteiger partial charge in [-0.1, -0.05) is 0 Å². The fourth-order valence-electron chi connectivity index (χ4n) is 2.31. The fraction of sp³-hybridized carbons (Fsp3) is 0.583. The number of rotatable bonds is 2. The van der Waals surface area contributed by atoms with E-state index in [9.17, 15) is 9.59 Å². The number of nitrogens with one attached hydrogen (secondary N) is 1. The molecule has 1 aliphatic rings. The topological polar surface area (TPSA) is 95.3 Å². The highest BCUT2D eigenvalue weighted by molar-refractivity contribution is 5.93. The van der Waals surface area contributed by atoms with E-state index in [1.807, 2.05) is 0 Å². The molecule has 0 unspecified atom stereocenters. The number of hydrogen-bond acceptors (Lipinski definition) is 4. The zero-order valence-corrected chi connectivity index (χ0v) is 11.2. The molecule has 1 aromatic rings. The molecule has 0 saturated carbocycles. The average Bonchev–Trinajstić information content (AvgIpc) is 2.84. The van der Waals surface area contributed by atoms with E-state index in [0.717, 1.165) is 0 Å². The van der Waals surface area contributed by atoms with E-state index in [4.69, 9.17) is 5.73 Å². The summed E-state index contributed by atoms with van der Waals surface area (Å²) in [7, 11) is 3.51. The van der Waals surface area contributed by atoms with Gasteiger partial charge in [0.05, 0.1) is 0 Å². The number of H-pyrrole nitrogens is 1. The van der Waals surface area contributed by atoms with E-state index in [0.29, 0.717) is 37.4 Å². The molecule has 3 N–H and O–H groups in total. The lowest BCUT2D eigenvalue weighted by Crippen LogP contribution is -2.42. The summed E-state index contributed by atoms with van der Waals surface area (Å²) in [6.07, 6.45) is 1.40. The molecule has 0 bridgehead atoms. The number of piperidine rings is 1. The second-order valence-corrected chi connectivity index (χ2v) is 5.01. The van der Waals surface area contributed by atoms with Gasteiger partial charge >= 0.3 is 0 Å². The van der Waals surface area contributed by atoms with Gasteiger partial charge in [0.25, 0.3) is 5.91 Å². The van der Waals surface area contributed by atoms with Crippen LogP contribution in [0.3, 0.4) is 0 Å². The molecular formula is C12H19N5O2. The van der Waals surface area contributed by atoms with Crippen molar-refractivity contribution in [1.29, 1.82) is 0 Å². The highest BCUT2D eigenvalue weighted by atomic mass is 16.2. The average molecular weight is 265 g/mol. The largest absolute Gasteiger partial charge is 0.382 e. The highest BCUT2D eigenvalue weighted by Crippen LogP contribution is 2.20. The normalized spacial score (nSPS) is 16.4. The van der Waals surface area contributed by atoms with Crippen molar-refractivity contribution in [3.63, 3.8) is 0 Å². The van der Waals surface area contributed by atoms with Crippen molar-refractivity contribution < 1.29 is 9.59 Å². The van der Waals surface area contributed by atoms with Crippen LogP contribution in [-0.2, 0) is 4.79 Å². The van der Waals surface area contributed by atoms with E-state index < -0.39 is 0 Å². The van der Waals surface area contributed by atoms with Crippen molar-refractivity contribution >= 4 is 17.6 Å². The number of anilines is 1. The standard InChI is InChI=1S/C12H19N5O2/c1-16(2)11(18)8-3-5-17(6-4-8)12(19)9-7-10(13)15-14-9/h7-8H,3-6H2,1-2H3,(H3,13,14,15). The van der Waals surface area contributed by atoms with E-state index >= 15 is 0 Å². The summed E-state index contributed by atoms with van der Waals surface area (Å²) in [4.78, 5) is 27.3. The van der Waals surface area contributed by atoms with E-state index in [-0.39, 0.29) is 17.7 Å². The molecular weight excluding hydrogens is 246 g/mol. The van der Waals surface area contributed by atoms with Gasteiger partial charge in [-0.2, -0.15) is 5.10 Å². The van der Waals surface area contributed by atoms with Crippen molar-refractivity contribution in [2.45, 2.75) is 12.8 Å². The van der Waals surface area contributed by atoms with Crippen molar-refractivity contribution in [3.8, 4) is 0 Å². The molecule has 2 amide bonds. The van der Waals surface area contributed by atoms with E-state index in [1.165, 1.54) is 6.07 Å². The number of aromatic nitrogens is 2. The van der Waals surface area contributed by atoms with Gasteiger partial charge in [-0.3, -0.25) is 14.7 Å². The van der Waals surface area contributed by atoms with Crippen LogP contribution in [0.1, 0.15) is 23.3 Å². The second kappa shape index (κ2) is 5.29. The third-order valence-electron chi connectivity index (χ3n) is 3.40. The molecule has 1 fully saturated rings. The first-order chi connectivity index (χ1) is 8.99. The van der Waals surface area contributed by atoms with Gasteiger partial charge in [-0.05, 0) is 12.8 Å². The Balaban J connectivity index is 1.93. The molecule has 7 nitrogen and oxygen atoms in total. The third-order valence-corrected chi connectivity index (χ3v) is 3.40. The Morgan fingerprint density at radius 3 is 2.53 bits per heavy atom. The maximum absolute atomic E-state index is 12.1. The highest BCUT2D eigenvalue weighted by Gasteiger charge is 2.29. The predicted octanol–water partition coefficient (Wildman–Crippen LogP) is -0.0677. The number of likely N-dealkylation sites (tertiary alicyclic amines) is 1. The van der Waals surface area contributed by atoms with Gasteiger partial charge in [0.15, 0.2) is 0 Å². The van der Waals surface area contributed by atoms with Crippen LogP contribution in [0.25, 0.3) is 0 Å². The van der Waals surface area contributed by atoms with Crippen molar-refractivity contribution in [2.24, 2.45) is 5.92 Å². The number of nitrogens with zero attached hydrogens (tertiary/aromatic N) is 3. The Bertz CT molecular complexity index is 474. The lowest BCUT2D eigenvalue weighted by Gasteiger charge is -2.32. The Morgan fingerprint density at radius 1 is 1.42 bits per heavy atom. The van der Waals surface area contributed by atoms with Gasteiger partial charge in [0.1, 0.15) is 11.5 Å². The van der Waals surface area contributed by atoms with Gasteiger partial charge in [-0.15, -0.1) is 0 Å². The Kier molecular flexibility index (Phi) is 3.73. The number of aromatic amines is 1. The SMILES string of the molecule is CN(C)C(=O)C1CCN(C(=O)c2cc(N)n[nH]2)CC1. The second-order valence-electron chi connectivity index (χ2n) is 5.01. The molecule has 2 rings (SSSR count). The summed E-state index contributed by atoms with van der Waals surface area (Å²) in [5, 5.41) is 6.36. The third kappa shape index (κ3) is 2.86. The van der Waals surface area contributed by atoms with Gasteiger partial charge < -0.3 is 15.5 Å². The fourth-order valence-corrected chi connectivity index (χ4v) is 2.31. The quantitative estimate of drug-likeness (QED) is 0.782. The number of amides is 2. The van der Waals surface area contributed by atoms with Gasteiger partial charge in [-0.25, -0.2) is 0 Å². The summed E-state index contributed by atoms with van der Waals surface area (Å²) in [5.41, 5.74) is 5.88. The zero-order valence-electron chi connectivity index (χ0n) is 11.2. The van der Waals surface area contributed by atoms with Crippen LogP contribution < -0.4 is 5.73 Å².